The van der Waals surface area contributed by atoms with Crippen molar-refractivity contribution >= 4 is 12.1 Å². The normalized spacial score (nSPS) is 12.4. The minimum atomic E-state index is -0.510. The molecule has 5 heteroatoms. The topological polar surface area (TPSA) is 64.6 Å². The maximum atomic E-state index is 11.8. The number of carbonyl (C=O) groups excluding carboxylic acids is 2. The van der Waals surface area contributed by atoms with Gasteiger partial charge in [-0.1, -0.05) is 19.1 Å². The van der Waals surface area contributed by atoms with Gasteiger partial charge in [0.2, 0.25) is 0 Å². The molecule has 1 aromatic carbocycles. The summed E-state index contributed by atoms with van der Waals surface area (Å²) in [4.78, 5) is 23.5. The fraction of sp³-hybridized carbons (Fsp3) is 0.556. The van der Waals surface area contributed by atoms with Gasteiger partial charge in [-0.25, -0.2) is 9.59 Å². The van der Waals surface area contributed by atoms with Crippen molar-refractivity contribution in [2.75, 3.05) is 6.61 Å². The Morgan fingerprint density at radius 3 is 2.22 bits per heavy atom. The minimum Gasteiger partial charge on any atom is -0.462 e. The fourth-order valence-corrected chi connectivity index (χ4v) is 2.05. The van der Waals surface area contributed by atoms with Crippen molar-refractivity contribution in [2.45, 2.75) is 59.1 Å². The molecule has 23 heavy (non-hydrogen) atoms. The van der Waals surface area contributed by atoms with E-state index in [1.165, 1.54) is 0 Å². The maximum absolute atomic E-state index is 11.8. The van der Waals surface area contributed by atoms with Crippen LogP contribution in [0, 0.1) is 0 Å². The number of nitrogens with one attached hydrogen (secondary N) is 1. The lowest BCUT2D eigenvalue weighted by atomic mass is 10.0. The number of hydrogen-bond donors (Lipinski definition) is 1. The maximum Gasteiger partial charge on any atom is 0.407 e. The number of carbonyl (C=O) groups is 2. The van der Waals surface area contributed by atoms with Crippen molar-refractivity contribution in [1.29, 1.82) is 0 Å². The summed E-state index contributed by atoms with van der Waals surface area (Å²) < 4.78 is 10.2. The summed E-state index contributed by atoms with van der Waals surface area (Å²) in [7, 11) is 0. The standard InChI is InChI=1S/C18H27NO4/c1-6-15(19-17(21)23-18(3,4)5)12-13-8-10-14(11-9-13)16(20)22-7-2/h8-11,15H,6-7,12H2,1-5H3,(H,19,21)/t15-/m0/s1. The van der Waals surface area contributed by atoms with E-state index in [1.807, 2.05) is 39.8 Å². The molecule has 128 valence electrons. The second-order valence-corrected chi connectivity index (χ2v) is 6.37. The zero-order chi connectivity index (χ0) is 17.5. The van der Waals surface area contributed by atoms with Gasteiger partial charge in [0.15, 0.2) is 0 Å². The molecule has 0 saturated carbocycles. The number of benzene rings is 1. The molecule has 1 atom stereocenters. The first-order valence-electron chi connectivity index (χ1n) is 8.00. The zero-order valence-electron chi connectivity index (χ0n) is 14.6. The van der Waals surface area contributed by atoms with E-state index in [9.17, 15) is 9.59 Å². The highest BCUT2D eigenvalue weighted by molar-refractivity contribution is 5.89. The van der Waals surface area contributed by atoms with Crippen LogP contribution in [0.15, 0.2) is 24.3 Å². The lowest BCUT2D eigenvalue weighted by Gasteiger charge is -2.23. The van der Waals surface area contributed by atoms with E-state index < -0.39 is 11.7 Å². The Labute approximate surface area is 138 Å². The molecule has 0 aliphatic rings. The molecule has 0 aromatic heterocycles. The van der Waals surface area contributed by atoms with Crippen molar-refractivity contribution in [3.8, 4) is 0 Å². The highest BCUT2D eigenvalue weighted by Crippen LogP contribution is 2.11. The Morgan fingerprint density at radius 2 is 1.74 bits per heavy atom. The Hall–Kier alpha value is -2.04. The quantitative estimate of drug-likeness (QED) is 0.811. The first kappa shape index (κ1) is 19.0. The lowest BCUT2D eigenvalue weighted by Crippen LogP contribution is -2.39. The van der Waals surface area contributed by atoms with Crippen LogP contribution in [0.1, 0.15) is 57.0 Å². The van der Waals surface area contributed by atoms with E-state index in [0.29, 0.717) is 18.6 Å². The summed E-state index contributed by atoms with van der Waals surface area (Å²) >= 11 is 0. The zero-order valence-corrected chi connectivity index (χ0v) is 14.6. The predicted molar refractivity (Wildman–Crippen MR) is 89.6 cm³/mol. The summed E-state index contributed by atoms with van der Waals surface area (Å²) in [5.74, 6) is -0.321. The molecule has 1 amide bonds. The van der Waals surface area contributed by atoms with E-state index in [-0.39, 0.29) is 12.0 Å². The molecule has 1 N–H and O–H groups in total. The van der Waals surface area contributed by atoms with Crippen LogP contribution in [0.3, 0.4) is 0 Å². The van der Waals surface area contributed by atoms with Gasteiger partial charge in [0.1, 0.15) is 5.60 Å². The second kappa shape index (κ2) is 8.56. The molecule has 0 radical (unpaired) electrons. The Kier molecular flexibility index (Phi) is 7.07. The molecule has 0 heterocycles. The van der Waals surface area contributed by atoms with Gasteiger partial charge in [-0.05, 0) is 58.2 Å². The largest absolute Gasteiger partial charge is 0.462 e. The Morgan fingerprint density at radius 1 is 1.13 bits per heavy atom. The Balaban J connectivity index is 2.62. The molecule has 1 aromatic rings. The molecular weight excluding hydrogens is 294 g/mol. The van der Waals surface area contributed by atoms with Crippen LogP contribution in [0.2, 0.25) is 0 Å². The van der Waals surface area contributed by atoms with Gasteiger partial charge in [0.05, 0.1) is 12.2 Å². The SMILES string of the molecule is CCOC(=O)c1ccc(C[C@H](CC)NC(=O)OC(C)(C)C)cc1. The van der Waals surface area contributed by atoms with Crippen molar-refractivity contribution < 1.29 is 19.1 Å². The van der Waals surface area contributed by atoms with Crippen LogP contribution < -0.4 is 5.32 Å². The number of hydrogen-bond acceptors (Lipinski definition) is 4. The number of esters is 1. The molecule has 0 bridgehead atoms. The van der Waals surface area contributed by atoms with Crippen LogP contribution in [0.4, 0.5) is 4.79 Å². The summed E-state index contributed by atoms with van der Waals surface area (Å²) in [5.41, 5.74) is 1.06. The number of alkyl carbamates (subject to hydrolysis) is 1. The third-order valence-corrected chi connectivity index (χ3v) is 3.16. The first-order valence-corrected chi connectivity index (χ1v) is 8.00. The van der Waals surface area contributed by atoms with E-state index in [4.69, 9.17) is 9.47 Å². The van der Waals surface area contributed by atoms with Crippen LogP contribution in [-0.2, 0) is 15.9 Å². The number of rotatable bonds is 6. The molecule has 0 fully saturated rings. The lowest BCUT2D eigenvalue weighted by molar-refractivity contribution is 0.0499. The molecule has 0 saturated heterocycles. The van der Waals surface area contributed by atoms with Crippen LogP contribution >= 0.6 is 0 Å². The van der Waals surface area contributed by atoms with Gasteiger partial charge in [0.25, 0.3) is 0 Å². The minimum absolute atomic E-state index is 0.0155. The van der Waals surface area contributed by atoms with Gasteiger partial charge >= 0.3 is 12.1 Å². The van der Waals surface area contributed by atoms with Gasteiger partial charge in [-0.3, -0.25) is 0 Å². The molecule has 1 rings (SSSR count). The molecule has 0 aliphatic heterocycles. The van der Waals surface area contributed by atoms with Crippen LogP contribution in [-0.4, -0.2) is 30.3 Å². The van der Waals surface area contributed by atoms with E-state index in [0.717, 1.165) is 12.0 Å². The van der Waals surface area contributed by atoms with Crippen molar-refractivity contribution in [3.05, 3.63) is 35.4 Å². The smallest absolute Gasteiger partial charge is 0.407 e. The van der Waals surface area contributed by atoms with Crippen LogP contribution in [0.25, 0.3) is 0 Å². The molecule has 0 unspecified atom stereocenters. The number of ether oxygens (including phenoxy) is 2. The van der Waals surface area contributed by atoms with E-state index >= 15 is 0 Å². The fourth-order valence-electron chi connectivity index (χ4n) is 2.05. The molecule has 5 nitrogen and oxygen atoms in total. The Bertz CT molecular complexity index is 517. The third kappa shape index (κ3) is 7.17. The summed E-state index contributed by atoms with van der Waals surface area (Å²) in [6.45, 7) is 9.65. The van der Waals surface area contributed by atoms with E-state index in [2.05, 4.69) is 5.32 Å². The monoisotopic (exact) mass is 321 g/mol. The summed E-state index contributed by atoms with van der Waals surface area (Å²) in [6, 6.07) is 7.23. The summed E-state index contributed by atoms with van der Waals surface area (Å²) in [5, 5.41) is 2.88. The van der Waals surface area contributed by atoms with Crippen molar-refractivity contribution in [2.24, 2.45) is 0 Å². The summed E-state index contributed by atoms with van der Waals surface area (Å²) in [6.07, 6.45) is 1.06. The van der Waals surface area contributed by atoms with Gasteiger partial charge in [-0.2, -0.15) is 0 Å². The van der Waals surface area contributed by atoms with Crippen molar-refractivity contribution in [3.63, 3.8) is 0 Å². The van der Waals surface area contributed by atoms with Gasteiger partial charge in [0, 0.05) is 6.04 Å². The number of amides is 1. The highest BCUT2D eigenvalue weighted by Gasteiger charge is 2.19. The van der Waals surface area contributed by atoms with Gasteiger partial charge in [-0.15, -0.1) is 0 Å². The molecular formula is C18H27NO4. The average Bonchev–Trinajstić information content (AvgIpc) is 2.45. The van der Waals surface area contributed by atoms with Gasteiger partial charge < -0.3 is 14.8 Å². The average molecular weight is 321 g/mol. The predicted octanol–water partition coefficient (Wildman–Crippen LogP) is 3.71. The van der Waals surface area contributed by atoms with E-state index in [1.54, 1.807) is 19.1 Å². The first-order chi connectivity index (χ1) is 10.7. The van der Waals surface area contributed by atoms with Crippen molar-refractivity contribution in [1.82, 2.24) is 5.32 Å². The second-order valence-electron chi connectivity index (χ2n) is 6.37. The molecule has 0 aliphatic carbocycles. The highest BCUT2D eigenvalue weighted by atomic mass is 16.6. The molecule has 0 spiro atoms. The van der Waals surface area contributed by atoms with Crippen LogP contribution in [0.5, 0.6) is 0 Å². The third-order valence-electron chi connectivity index (χ3n) is 3.16.